The maximum absolute atomic E-state index is 10.7. The van der Waals surface area contributed by atoms with Crippen molar-refractivity contribution in [2.45, 2.75) is 13.8 Å². The Morgan fingerprint density at radius 1 is 0.783 bits per heavy atom. The van der Waals surface area contributed by atoms with Gasteiger partial charge in [0.15, 0.2) is 0 Å². The molecule has 0 bridgehead atoms. The summed E-state index contributed by atoms with van der Waals surface area (Å²) in [6, 6.07) is 0. The molecule has 0 spiro atoms. The molecule has 0 heterocycles. The van der Waals surface area contributed by atoms with Gasteiger partial charge < -0.3 is 14.9 Å². The molecule has 0 aliphatic carbocycles. The lowest BCUT2D eigenvalue weighted by molar-refractivity contribution is -0.289. The lowest BCUT2D eigenvalue weighted by atomic mass is 10.4. The van der Waals surface area contributed by atoms with Gasteiger partial charge >= 0.3 is 18.1 Å². The minimum atomic E-state index is -1.51. The molecule has 0 aromatic heterocycles. The predicted octanol–water partition coefficient (Wildman–Crippen LogP) is 0.196. The van der Waals surface area contributed by atoms with Crippen molar-refractivity contribution in [2.24, 2.45) is 0 Å². The van der Waals surface area contributed by atoms with Crippen LogP contribution in [0.5, 0.6) is 0 Å². The van der Waals surface area contributed by atoms with Crippen LogP contribution in [0.3, 0.4) is 0 Å². The first-order valence-electron chi connectivity index (χ1n) is 6.18. The van der Waals surface area contributed by atoms with Crippen LogP contribution >= 0.6 is 0 Å². The topological polar surface area (TPSA) is 138 Å². The fourth-order valence-electron chi connectivity index (χ4n) is 0.531. The van der Waals surface area contributed by atoms with E-state index in [1.54, 1.807) is 0 Å². The van der Waals surface area contributed by atoms with Crippen molar-refractivity contribution < 1.29 is 48.9 Å². The Morgan fingerprint density at radius 3 is 1.39 bits per heavy atom. The van der Waals surface area contributed by atoms with Crippen molar-refractivity contribution in [3.8, 4) is 0 Å². The van der Waals surface area contributed by atoms with E-state index in [-0.39, 0.29) is 24.4 Å². The van der Waals surface area contributed by atoms with Crippen LogP contribution in [0.15, 0.2) is 24.3 Å². The third kappa shape index (κ3) is 15.8. The molecule has 0 aliphatic rings. The zero-order valence-electron chi connectivity index (χ0n) is 12.9. The predicted molar refractivity (Wildman–Crippen MR) is 74.4 cm³/mol. The maximum atomic E-state index is 10.7. The lowest BCUT2D eigenvalue weighted by Gasteiger charge is -2.02. The Hall–Kier alpha value is -2.43. The van der Waals surface area contributed by atoms with E-state index in [1.165, 1.54) is 13.8 Å². The second-order valence-electron chi connectivity index (χ2n) is 3.78. The standard InChI is InChI=1S/C9H10O7.C4H10O3/c1-5(2)7(10)13-15-9(12)16-14-8(11)6(3)4;5-1-3-7-4-2-6/h1,3H2,2,4H3;5-6H,1-4H2. The summed E-state index contributed by atoms with van der Waals surface area (Å²) in [6.07, 6.45) is -1.51. The molecule has 0 fully saturated rings. The van der Waals surface area contributed by atoms with Gasteiger partial charge in [0.2, 0.25) is 0 Å². The van der Waals surface area contributed by atoms with E-state index in [1.807, 2.05) is 0 Å². The van der Waals surface area contributed by atoms with Crippen LogP contribution < -0.4 is 0 Å². The van der Waals surface area contributed by atoms with Gasteiger partial charge in [-0.15, -0.1) is 0 Å². The van der Waals surface area contributed by atoms with Crippen molar-refractivity contribution in [3.63, 3.8) is 0 Å². The van der Waals surface area contributed by atoms with Crippen molar-refractivity contribution >= 4 is 18.1 Å². The molecule has 0 amide bonds. The first-order valence-corrected chi connectivity index (χ1v) is 6.18. The first kappa shape index (κ1) is 22.8. The summed E-state index contributed by atoms with van der Waals surface area (Å²) < 4.78 is 4.63. The van der Waals surface area contributed by atoms with E-state index < -0.39 is 18.1 Å². The molecule has 0 radical (unpaired) electrons. The summed E-state index contributed by atoms with van der Waals surface area (Å²) in [6.45, 7) is 9.84. The molecule has 0 unspecified atom stereocenters. The number of hydrogen-bond donors (Lipinski definition) is 2. The minimum absolute atomic E-state index is 0.0201. The van der Waals surface area contributed by atoms with E-state index in [4.69, 9.17) is 10.2 Å². The van der Waals surface area contributed by atoms with E-state index in [2.05, 4.69) is 37.4 Å². The summed E-state index contributed by atoms with van der Waals surface area (Å²) in [5.41, 5.74) is 0.0402. The summed E-state index contributed by atoms with van der Waals surface area (Å²) in [5, 5.41) is 16.2. The molecular weight excluding hydrogens is 316 g/mol. The number of aliphatic hydroxyl groups excluding tert-OH is 2. The molecule has 0 aromatic rings. The van der Waals surface area contributed by atoms with E-state index in [0.29, 0.717) is 13.2 Å². The van der Waals surface area contributed by atoms with Crippen molar-refractivity contribution in [1.29, 1.82) is 0 Å². The molecule has 2 N–H and O–H groups in total. The van der Waals surface area contributed by atoms with Crippen LogP contribution in [-0.2, 0) is 33.9 Å². The quantitative estimate of drug-likeness (QED) is 0.299. The average Bonchev–Trinajstić information content (AvgIpc) is 2.51. The molecule has 0 aliphatic heterocycles. The number of hydrogen-bond acceptors (Lipinski definition) is 10. The van der Waals surface area contributed by atoms with E-state index >= 15 is 0 Å². The van der Waals surface area contributed by atoms with Crippen LogP contribution in [0.2, 0.25) is 0 Å². The van der Waals surface area contributed by atoms with Crippen LogP contribution in [0.25, 0.3) is 0 Å². The van der Waals surface area contributed by atoms with Crippen LogP contribution in [0, 0.1) is 0 Å². The fourth-order valence-corrected chi connectivity index (χ4v) is 0.531. The van der Waals surface area contributed by atoms with Crippen molar-refractivity contribution in [1.82, 2.24) is 0 Å². The second kappa shape index (κ2) is 14.5. The monoisotopic (exact) mass is 336 g/mol. The maximum Gasteiger partial charge on any atom is 0.592 e. The van der Waals surface area contributed by atoms with Gasteiger partial charge in [-0.3, -0.25) is 0 Å². The summed E-state index contributed by atoms with van der Waals surface area (Å²) >= 11 is 0. The second-order valence-corrected chi connectivity index (χ2v) is 3.78. The minimum Gasteiger partial charge on any atom is -0.394 e. The molecule has 0 aromatic carbocycles. The van der Waals surface area contributed by atoms with Gasteiger partial charge in [0.1, 0.15) is 0 Å². The molecular formula is C13H20O10. The highest BCUT2D eigenvalue weighted by Crippen LogP contribution is 1.97. The summed E-state index contributed by atoms with van der Waals surface area (Å²) in [4.78, 5) is 47.6. The van der Waals surface area contributed by atoms with Crippen molar-refractivity contribution in [3.05, 3.63) is 24.3 Å². The third-order valence-corrected chi connectivity index (χ3v) is 1.54. The number of carbonyl (C=O) groups excluding carboxylic acids is 3. The Kier molecular flexibility index (Phi) is 14.4. The highest BCUT2D eigenvalue weighted by atomic mass is 17.3. The van der Waals surface area contributed by atoms with E-state index in [9.17, 15) is 14.4 Å². The number of rotatable bonds is 6. The molecule has 23 heavy (non-hydrogen) atoms. The van der Waals surface area contributed by atoms with Gasteiger partial charge in [-0.05, 0) is 13.8 Å². The molecule has 10 heteroatoms. The first-order chi connectivity index (χ1) is 10.8. The zero-order chi connectivity index (χ0) is 18.3. The fraction of sp³-hybridized carbons (Fsp3) is 0.462. The van der Waals surface area contributed by atoms with Gasteiger partial charge in [-0.2, -0.15) is 4.79 Å². The van der Waals surface area contributed by atoms with E-state index in [0.717, 1.165) is 0 Å². The number of carbonyl (C=O) groups is 3. The van der Waals surface area contributed by atoms with Gasteiger partial charge in [-0.1, -0.05) is 13.2 Å². The molecule has 0 saturated carbocycles. The van der Waals surface area contributed by atoms with Gasteiger partial charge in [0, 0.05) is 11.1 Å². The molecule has 132 valence electrons. The summed E-state index contributed by atoms with van der Waals surface area (Å²) in [7, 11) is 0. The Bertz CT molecular complexity index is 379. The van der Waals surface area contributed by atoms with Crippen LogP contribution in [0.1, 0.15) is 13.8 Å². The SMILES string of the molecule is C=C(C)C(=O)OOC(=O)OOC(=O)C(=C)C.OCCOCCO. The smallest absolute Gasteiger partial charge is 0.394 e. The molecule has 0 atom stereocenters. The van der Waals surface area contributed by atoms with Crippen LogP contribution in [0.4, 0.5) is 4.79 Å². The zero-order valence-corrected chi connectivity index (χ0v) is 12.9. The molecule has 0 rings (SSSR count). The highest BCUT2D eigenvalue weighted by Gasteiger charge is 2.15. The number of aliphatic hydroxyl groups is 2. The number of ether oxygens (including phenoxy) is 1. The van der Waals surface area contributed by atoms with Gasteiger partial charge in [-0.25, -0.2) is 29.1 Å². The third-order valence-electron chi connectivity index (χ3n) is 1.54. The molecule has 10 nitrogen and oxygen atoms in total. The summed E-state index contributed by atoms with van der Waals surface area (Å²) in [5.74, 6) is -1.91. The lowest BCUT2D eigenvalue weighted by Crippen LogP contribution is -2.15. The Labute approximate surface area is 132 Å². The Balaban J connectivity index is 0. The highest BCUT2D eigenvalue weighted by molar-refractivity contribution is 5.87. The Morgan fingerprint density at radius 2 is 1.13 bits per heavy atom. The average molecular weight is 336 g/mol. The van der Waals surface area contributed by atoms with Gasteiger partial charge in [0.05, 0.1) is 26.4 Å². The molecule has 0 saturated heterocycles. The van der Waals surface area contributed by atoms with Gasteiger partial charge in [0.25, 0.3) is 0 Å². The normalized spacial score (nSPS) is 8.87. The van der Waals surface area contributed by atoms with Crippen molar-refractivity contribution in [2.75, 3.05) is 26.4 Å². The largest absolute Gasteiger partial charge is 0.592 e. The van der Waals surface area contributed by atoms with Crippen LogP contribution in [-0.4, -0.2) is 54.7 Å².